The Balaban J connectivity index is 1.84. The molecule has 0 saturated heterocycles. The van der Waals surface area contributed by atoms with Crippen molar-refractivity contribution in [3.05, 3.63) is 93.4 Å². The van der Waals surface area contributed by atoms with Crippen LogP contribution in [0.5, 0.6) is 0 Å². The normalized spacial score (nSPS) is 11.5. The second-order valence-electron chi connectivity index (χ2n) is 7.84. The molecule has 0 aliphatic heterocycles. The Hall–Kier alpha value is -3.21. The summed E-state index contributed by atoms with van der Waals surface area (Å²) in [6, 6.07) is 16.4. The van der Waals surface area contributed by atoms with E-state index in [0.29, 0.717) is 25.1 Å². The van der Waals surface area contributed by atoms with E-state index in [0.717, 1.165) is 15.9 Å². The van der Waals surface area contributed by atoms with Crippen molar-refractivity contribution >= 4 is 33.2 Å². The van der Waals surface area contributed by atoms with Gasteiger partial charge >= 0.3 is 0 Å². The average Bonchev–Trinajstić information content (AvgIpc) is 3.35. The average molecular weight is 520 g/mol. The SMILES string of the molecule is CCCN(CC(=O)N(CCc1ccccc1)Cc1ccco1)S(=O)(=O)c1ccc(Cl)c([N+](=O)[O-])c1. The van der Waals surface area contributed by atoms with Crippen LogP contribution in [0.2, 0.25) is 5.02 Å². The van der Waals surface area contributed by atoms with E-state index >= 15 is 0 Å². The van der Waals surface area contributed by atoms with Crippen molar-refractivity contribution in [2.75, 3.05) is 19.6 Å². The molecule has 0 unspecified atom stereocenters. The van der Waals surface area contributed by atoms with Crippen LogP contribution >= 0.6 is 11.6 Å². The maximum Gasteiger partial charge on any atom is 0.289 e. The maximum atomic E-state index is 13.3. The molecule has 1 aromatic heterocycles. The lowest BCUT2D eigenvalue weighted by molar-refractivity contribution is -0.384. The van der Waals surface area contributed by atoms with Crippen LogP contribution in [-0.4, -0.2) is 48.1 Å². The van der Waals surface area contributed by atoms with E-state index < -0.39 is 33.1 Å². The van der Waals surface area contributed by atoms with Gasteiger partial charge in [-0.05, 0) is 42.7 Å². The molecule has 0 bridgehead atoms. The number of amides is 1. The van der Waals surface area contributed by atoms with E-state index in [1.807, 2.05) is 30.3 Å². The molecular weight excluding hydrogens is 494 g/mol. The van der Waals surface area contributed by atoms with Crippen molar-refractivity contribution in [1.29, 1.82) is 0 Å². The molecule has 11 heteroatoms. The lowest BCUT2D eigenvalue weighted by Gasteiger charge is -2.27. The topological polar surface area (TPSA) is 114 Å². The molecule has 0 radical (unpaired) electrons. The van der Waals surface area contributed by atoms with Crippen molar-refractivity contribution in [2.45, 2.75) is 31.2 Å². The Kier molecular flexibility index (Phi) is 9.02. The Morgan fingerprint density at radius 2 is 1.83 bits per heavy atom. The zero-order valence-corrected chi connectivity index (χ0v) is 20.7. The highest BCUT2D eigenvalue weighted by Gasteiger charge is 2.30. The molecule has 1 heterocycles. The number of hydrogen-bond acceptors (Lipinski definition) is 6. The highest BCUT2D eigenvalue weighted by molar-refractivity contribution is 7.89. The Morgan fingerprint density at radius 1 is 1.09 bits per heavy atom. The lowest BCUT2D eigenvalue weighted by Crippen LogP contribution is -2.43. The van der Waals surface area contributed by atoms with Gasteiger partial charge in [0.1, 0.15) is 10.8 Å². The van der Waals surface area contributed by atoms with Crippen LogP contribution in [0.4, 0.5) is 5.69 Å². The minimum Gasteiger partial charge on any atom is -0.467 e. The molecule has 0 aliphatic carbocycles. The van der Waals surface area contributed by atoms with Gasteiger partial charge in [-0.3, -0.25) is 14.9 Å². The van der Waals surface area contributed by atoms with Crippen LogP contribution in [-0.2, 0) is 27.8 Å². The highest BCUT2D eigenvalue weighted by atomic mass is 35.5. The van der Waals surface area contributed by atoms with E-state index in [1.54, 1.807) is 24.0 Å². The molecule has 186 valence electrons. The van der Waals surface area contributed by atoms with Gasteiger partial charge in [0.25, 0.3) is 5.69 Å². The third kappa shape index (κ3) is 6.91. The zero-order chi connectivity index (χ0) is 25.4. The van der Waals surface area contributed by atoms with Crippen molar-refractivity contribution in [1.82, 2.24) is 9.21 Å². The van der Waals surface area contributed by atoms with Gasteiger partial charge in [0.2, 0.25) is 15.9 Å². The van der Waals surface area contributed by atoms with Crippen molar-refractivity contribution in [3.63, 3.8) is 0 Å². The fourth-order valence-corrected chi connectivity index (χ4v) is 5.21. The number of hydrogen-bond donors (Lipinski definition) is 0. The molecular formula is C24H26ClN3O6S. The molecule has 2 aromatic carbocycles. The number of nitro groups is 1. The third-order valence-corrected chi connectivity index (χ3v) is 7.49. The predicted octanol–water partition coefficient (Wildman–Crippen LogP) is 4.51. The molecule has 0 aliphatic rings. The van der Waals surface area contributed by atoms with Gasteiger partial charge in [0.05, 0.1) is 29.2 Å². The smallest absolute Gasteiger partial charge is 0.289 e. The van der Waals surface area contributed by atoms with Crippen molar-refractivity contribution in [2.24, 2.45) is 0 Å². The van der Waals surface area contributed by atoms with E-state index in [1.165, 1.54) is 18.4 Å². The number of benzene rings is 2. The van der Waals surface area contributed by atoms with Gasteiger partial charge in [-0.1, -0.05) is 48.9 Å². The molecule has 0 N–H and O–H groups in total. The number of carbonyl (C=O) groups is 1. The highest BCUT2D eigenvalue weighted by Crippen LogP contribution is 2.28. The van der Waals surface area contributed by atoms with E-state index in [4.69, 9.17) is 16.0 Å². The number of sulfonamides is 1. The van der Waals surface area contributed by atoms with E-state index in [9.17, 15) is 23.3 Å². The van der Waals surface area contributed by atoms with E-state index in [-0.39, 0.29) is 23.0 Å². The first kappa shape index (κ1) is 26.4. The first-order valence-corrected chi connectivity index (χ1v) is 12.8. The first-order chi connectivity index (χ1) is 16.7. The van der Waals surface area contributed by atoms with Crippen LogP contribution in [0.15, 0.2) is 76.2 Å². The minimum absolute atomic E-state index is 0.0672. The number of nitrogens with zero attached hydrogens (tertiary/aromatic N) is 3. The molecule has 35 heavy (non-hydrogen) atoms. The minimum atomic E-state index is -4.19. The summed E-state index contributed by atoms with van der Waals surface area (Å²) in [4.78, 5) is 25.1. The second-order valence-corrected chi connectivity index (χ2v) is 10.2. The van der Waals surface area contributed by atoms with Crippen LogP contribution in [0.3, 0.4) is 0 Å². The number of rotatable bonds is 12. The quantitative estimate of drug-likeness (QED) is 0.257. The molecule has 0 atom stereocenters. The number of furan rings is 1. The third-order valence-electron chi connectivity index (χ3n) is 5.33. The first-order valence-electron chi connectivity index (χ1n) is 11.0. The molecule has 9 nitrogen and oxygen atoms in total. The van der Waals surface area contributed by atoms with Crippen LogP contribution in [0.1, 0.15) is 24.7 Å². The van der Waals surface area contributed by atoms with Gasteiger partial charge in [0, 0.05) is 19.2 Å². The van der Waals surface area contributed by atoms with Crippen molar-refractivity contribution < 1.29 is 22.6 Å². The fraction of sp³-hybridized carbons (Fsp3) is 0.292. The van der Waals surface area contributed by atoms with Crippen LogP contribution in [0, 0.1) is 10.1 Å². The standard InChI is InChI=1S/C24H26ClN3O6S/c1-2-13-27(35(32,33)21-10-11-22(25)23(16-21)28(30)31)18-24(29)26(17-20-9-6-15-34-20)14-12-19-7-4-3-5-8-19/h3-11,15-16H,2,12-14,17-18H2,1H3. The van der Waals surface area contributed by atoms with Gasteiger partial charge < -0.3 is 9.32 Å². The number of halogens is 1. The van der Waals surface area contributed by atoms with Gasteiger partial charge in [-0.25, -0.2) is 8.42 Å². The number of nitro benzene ring substituents is 1. The van der Waals surface area contributed by atoms with Gasteiger partial charge in [-0.2, -0.15) is 4.31 Å². The fourth-order valence-electron chi connectivity index (χ4n) is 3.52. The maximum absolute atomic E-state index is 13.3. The molecule has 0 fully saturated rings. The summed E-state index contributed by atoms with van der Waals surface area (Å²) in [6.07, 6.45) is 2.54. The molecule has 3 aromatic rings. The molecule has 1 amide bonds. The summed E-state index contributed by atoms with van der Waals surface area (Å²) in [5.74, 6) is 0.169. The Bertz CT molecular complexity index is 1250. The predicted molar refractivity (Wildman–Crippen MR) is 131 cm³/mol. The lowest BCUT2D eigenvalue weighted by atomic mass is 10.1. The summed E-state index contributed by atoms with van der Waals surface area (Å²) in [6.45, 7) is 1.98. The summed E-state index contributed by atoms with van der Waals surface area (Å²) >= 11 is 5.84. The zero-order valence-electron chi connectivity index (χ0n) is 19.2. The summed E-state index contributed by atoms with van der Waals surface area (Å²) in [5, 5.41) is 11.1. The summed E-state index contributed by atoms with van der Waals surface area (Å²) in [5.41, 5.74) is 0.522. The van der Waals surface area contributed by atoms with Crippen LogP contribution < -0.4 is 0 Å². The van der Waals surface area contributed by atoms with Gasteiger partial charge in [0.15, 0.2) is 0 Å². The Morgan fingerprint density at radius 3 is 2.46 bits per heavy atom. The van der Waals surface area contributed by atoms with Gasteiger partial charge in [-0.15, -0.1) is 0 Å². The van der Waals surface area contributed by atoms with Crippen molar-refractivity contribution in [3.8, 4) is 0 Å². The summed E-state index contributed by atoms with van der Waals surface area (Å²) < 4.78 is 33.1. The van der Waals surface area contributed by atoms with Crippen LogP contribution in [0.25, 0.3) is 0 Å². The molecule has 3 rings (SSSR count). The summed E-state index contributed by atoms with van der Waals surface area (Å²) in [7, 11) is -4.19. The van der Waals surface area contributed by atoms with E-state index in [2.05, 4.69) is 0 Å². The molecule has 0 spiro atoms. The Labute approximate surface area is 209 Å². The monoisotopic (exact) mass is 519 g/mol. The second kappa shape index (κ2) is 12.0. The number of carbonyl (C=O) groups excluding carboxylic acids is 1. The molecule has 0 saturated carbocycles. The largest absolute Gasteiger partial charge is 0.467 e.